The van der Waals surface area contributed by atoms with Crippen LogP contribution in [0.1, 0.15) is 49.1 Å². The Morgan fingerprint density at radius 3 is 2.59 bits per heavy atom. The Labute approximate surface area is 239 Å². The van der Waals surface area contributed by atoms with Gasteiger partial charge >= 0.3 is 11.9 Å². The fourth-order valence-corrected chi connectivity index (χ4v) is 4.83. The monoisotopic (exact) mass is 563 g/mol. The fourth-order valence-electron chi connectivity index (χ4n) is 4.83. The number of carbonyl (C=O) groups excluding carboxylic acids is 3. The van der Waals surface area contributed by atoms with Crippen LogP contribution in [0.15, 0.2) is 54.6 Å². The lowest BCUT2D eigenvalue weighted by Gasteiger charge is -2.33. The van der Waals surface area contributed by atoms with Crippen LogP contribution in [0.5, 0.6) is 0 Å². The number of H-pyrrole nitrogens is 1. The minimum Gasteiger partial charge on any atom is -0.463 e. The number of hydrogen-bond acceptors (Lipinski definition) is 8. The van der Waals surface area contributed by atoms with Crippen molar-refractivity contribution >= 4 is 34.8 Å². The van der Waals surface area contributed by atoms with Crippen LogP contribution in [0.2, 0.25) is 0 Å². The summed E-state index contributed by atoms with van der Waals surface area (Å²) in [7, 11) is 0. The van der Waals surface area contributed by atoms with Crippen molar-refractivity contribution in [2.24, 2.45) is 0 Å². The Morgan fingerprint density at radius 2 is 1.83 bits per heavy atom. The highest BCUT2D eigenvalue weighted by Gasteiger charge is 2.33. The summed E-state index contributed by atoms with van der Waals surface area (Å²) in [5.74, 6) is -1.35. The van der Waals surface area contributed by atoms with Gasteiger partial charge in [0.05, 0.1) is 6.10 Å². The number of hydroxylamine groups is 1. The van der Waals surface area contributed by atoms with Crippen molar-refractivity contribution < 1.29 is 33.4 Å². The summed E-state index contributed by atoms with van der Waals surface area (Å²) < 4.78 is 16.0. The molecule has 3 atom stereocenters. The number of rotatable bonds is 12. The van der Waals surface area contributed by atoms with Crippen LogP contribution in [0.4, 0.5) is 0 Å². The van der Waals surface area contributed by atoms with Gasteiger partial charge in [-0.25, -0.2) is 10.3 Å². The fraction of sp³-hybridized carbons (Fsp3) is 0.387. The lowest BCUT2D eigenvalue weighted by molar-refractivity contribution is -0.247. The van der Waals surface area contributed by atoms with Crippen LogP contribution in [-0.4, -0.2) is 54.5 Å². The highest BCUT2D eigenvalue weighted by Crippen LogP contribution is 2.24. The highest BCUT2D eigenvalue weighted by molar-refractivity contribution is 5.91. The Morgan fingerprint density at radius 1 is 1.05 bits per heavy atom. The molecule has 2 aromatic carbocycles. The molecule has 1 aliphatic heterocycles. The van der Waals surface area contributed by atoms with Crippen LogP contribution in [0.3, 0.4) is 0 Å². The van der Waals surface area contributed by atoms with Crippen molar-refractivity contribution in [2.75, 3.05) is 13.2 Å². The Kier molecular flexibility index (Phi) is 10.7. The molecule has 1 amide bonds. The van der Waals surface area contributed by atoms with Crippen LogP contribution in [0, 0.1) is 6.92 Å². The van der Waals surface area contributed by atoms with E-state index in [1.165, 1.54) is 42.1 Å². The summed E-state index contributed by atoms with van der Waals surface area (Å²) in [4.78, 5) is 43.7. The minimum atomic E-state index is -0.863. The molecule has 1 aromatic heterocycles. The molecule has 1 aliphatic rings. The van der Waals surface area contributed by atoms with E-state index in [1.807, 2.05) is 30.3 Å². The van der Waals surface area contributed by atoms with Crippen molar-refractivity contribution in [3.05, 3.63) is 77.0 Å². The predicted octanol–water partition coefficient (Wildman–Crippen LogP) is 3.87. The van der Waals surface area contributed by atoms with Gasteiger partial charge in [-0.05, 0) is 48.7 Å². The number of para-hydroxylation sites is 1. The maximum Gasteiger partial charge on any atom is 0.302 e. The molecule has 0 aliphatic carbocycles. The van der Waals surface area contributed by atoms with Crippen molar-refractivity contribution in [3.63, 3.8) is 0 Å². The van der Waals surface area contributed by atoms with E-state index in [0.717, 1.165) is 30.6 Å². The minimum absolute atomic E-state index is 0.00388. The van der Waals surface area contributed by atoms with E-state index in [2.05, 4.69) is 40.9 Å². The van der Waals surface area contributed by atoms with Gasteiger partial charge in [-0.2, -0.15) is 0 Å². The third kappa shape index (κ3) is 9.28. The molecular weight excluding hydrogens is 526 g/mol. The number of benzene rings is 2. The van der Waals surface area contributed by atoms with E-state index in [9.17, 15) is 14.4 Å². The zero-order chi connectivity index (χ0) is 29.2. The van der Waals surface area contributed by atoms with E-state index < -0.39 is 36.3 Å². The van der Waals surface area contributed by atoms with Gasteiger partial charge in [0.2, 0.25) is 0 Å². The largest absolute Gasteiger partial charge is 0.463 e. The number of fused-ring (bicyclic) bond motifs is 1. The molecule has 10 heteroatoms. The molecule has 0 saturated carbocycles. The smallest absolute Gasteiger partial charge is 0.302 e. The van der Waals surface area contributed by atoms with E-state index in [-0.39, 0.29) is 13.0 Å². The van der Waals surface area contributed by atoms with Gasteiger partial charge in [-0.15, -0.1) is 0 Å². The average Bonchev–Trinajstić information content (AvgIpc) is 3.26. The summed E-state index contributed by atoms with van der Waals surface area (Å²) in [5, 5.41) is 4.78. The first kappa shape index (κ1) is 30.0. The predicted molar refractivity (Wildman–Crippen MR) is 153 cm³/mol. The summed E-state index contributed by atoms with van der Waals surface area (Å²) in [6.45, 7) is 6.33. The summed E-state index contributed by atoms with van der Waals surface area (Å²) in [6.07, 6.45) is 2.70. The quantitative estimate of drug-likeness (QED) is 0.131. The lowest BCUT2D eigenvalue weighted by atomic mass is 10.1. The summed E-state index contributed by atoms with van der Waals surface area (Å²) >= 11 is 0. The molecule has 2 heterocycles. The third-order valence-electron chi connectivity index (χ3n) is 6.74. The third-order valence-corrected chi connectivity index (χ3v) is 6.74. The molecule has 3 N–H and O–H groups in total. The molecule has 0 radical (unpaired) electrons. The van der Waals surface area contributed by atoms with E-state index >= 15 is 0 Å². The molecule has 3 aromatic rings. The van der Waals surface area contributed by atoms with Crippen molar-refractivity contribution in [1.29, 1.82) is 0 Å². The van der Waals surface area contributed by atoms with Gasteiger partial charge in [0, 0.05) is 55.9 Å². The van der Waals surface area contributed by atoms with Crippen LogP contribution in [-0.2, 0) is 46.4 Å². The highest BCUT2D eigenvalue weighted by atomic mass is 16.8. The van der Waals surface area contributed by atoms with Crippen molar-refractivity contribution in [1.82, 2.24) is 15.8 Å². The van der Waals surface area contributed by atoms with Gasteiger partial charge in [0.15, 0.2) is 6.29 Å². The van der Waals surface area contributed by atoms with Gasteiger partial charge in [-0.3, -0.25) is 14.4 Å². The first-order valence-corrected chi connectivity index (χ1v) is 13.7. The van der Waals surface area contributed by atoms with Gasteiger partial charge in [-0.1, -0.05) is 42.5 Å². The number of aromatic nitrogens is 1. The first-order valence-electron chi connectivity index (χ1n) is 13.7. The van der Waals surface area contributed by atoms with Crippen LogP contribution < -0.4 is 10.8 Å². The average molecular weight is 564 g/mol. The Bertz CT molecular complexity index is 1370. The molecule has 1 fully saturated rings. The van der Waals surface area contributed by atoms with E-state index in [0.29, 0.717) is 6.42 Å². The number of aryl methyl sites for hydroxylation is 1. The molecule has 218 valence electrons. The van der Waals surface area contributed by atoms with Crippen molar-refractivity contribution in [2.45, 2.75) is 65.1 Å². The van der Waals surface area contributed by atoms with E-state index in [1.54, 1.807) is 6.08 Å². The van der Waals surface area contributed by atoms with Crippen LogP contribution in [0.25, 0.3) is 17.0 Å². The van der Waals surface area contributed by atoms with Crippen molar-refractivity contribution in [3.8, 4) is 0 Å². The summed E-state index contributed by atoms with van der Waals surface area (Å²) in [6, 6.07) is 16.3. The van der Waals surface area contributed by atoms with Gasteiger partial charge < -0.3 is 24.5 Å². The topological polar surface area (TPSA) is 128 Å². The number of nitrogens with one attached hydrogen (secondary N) is 3. The molecule has 0 spiro atoms. The molecule has 3 unspecified atom stereocenters. The maximum absolute atomic E-state index is 12.3. The standard InChI is InChI=1S/C31H37N3O7/c1-20-27(28-6-4-5-7-29(28)33-20)14-15-32-18-24-10-8-23(9-11-24)12-13-30(37)34-41-31-17-25(39-22(3)36)16-26(40-31)19-38-21(2)35/h4-13,25-26,31-33H,14-19H2,1-3H3,(H,34,37)/b13-12+. The number of ether oxygens (including phenoxy) is 3. The molecule has 41 heavy (non-hydrogen) atoms. The van der Waals surface area contributed by atoms with Gasteiger partial charge in [0.1, 0.15) is 12.7 Å². The molecule has 10 nitrogen and oxygen atoms in total. The second-order valence-electron chi connectivity index (χ2n) is 10.1. The second-order valence-corrected chi connectivity index (χ2v) is 10.1. The molecule has 1 saturated heterocycles. The number of esters is 2. The normalized spacial score (nSPS) is 18.9. The number of carbonyl (C=O) groups is 3. The first-order chi connectivity index (χ1) is 19.8. The Hall–Kier alpha value is -3.99. The zero-order valence-corrected chi connectivity index (χ0v) is 23.6. The van der Waals surface area contributed by atoms with E-state index in [4.69, 9.17) is 19.0 Å². The number of aromatic amines is 1. The SMILES string of the molecule is CC(=O)OCC1CC(OC(C)=O)CC(ONC(=O)/C=C/c2ccc(CNCCc3c(C)[nH]c4ccccc34)cc2)O1. The Balaban J connectivity index is 1.19. The number of hydrogen-bond donors (Lipinski definition) is 3. The van der Waals surface area contributed by atoms with Gasteiger partial charge in [0.25, 0.3) is 5.91 Å². The zero-order valence-electron chi connectivity index (χ0n) is 23.6. The van der Waals surface area contributed by atoms with Crippen LogP contribution >= 0.6 is 0 Å². The maximum atomic E-state index is 12.3. The second kappa shape index (κ2) is 14.6. The molecule has 0 bridgehead atoms. The number of amides is 1. The lowest BCUT2D eigenvalue weighted by Crippen LogP contribution is -2.43. The molecular formula is C31H37N3O7. The summed E-state index contributed by atoms with van der Waals surface area (Å²) in [5.41, 5.74) is 8.07. The molecule has 4 rings (SSSR count).